The molecule has 0 aliphatic carbocycles. The average Bonchev–Trinajstić information content (AvgIpc) is 2.13. The van der Waals surface area contributed by atoms with E-state index in [0.29, 0.717) is 24.2 Å². The van der Waals surface area contributed by atoms with Crippen molar-refractivity contribution < 1.29 is 18.3 Å². The zero-order valence-electron chi connectivity index (χ0n) is 9.67. The van der Waals surface area contributed by atoms with Gasteiger partial charge in [0.15, 0.2) is 0 Å². The third-order valence-electron chi connectivity index (χ3n) is 3.03. The van der Waals surface area contributed by atoms with Gasteiger partial charge in [0.25, 0.3) is 0 Å². The molecule has 0 unspecified atom stereocenters. The van der Waals surface area contributed by atoms with Gasteiger partial charge in [0, 0.05) is 13.1 Å². The molecular weight excluding hydrogens is 231 g/mol. The van der Waals surface area contributed by atoms with Crippen molar-refractivity contribution in [1.29, 1.82) is 0 Å². The number of benzene rings is 1. The van der Waals surface area contributed by atoms with Gasteiger partial charge in [-0.3, -0.25) is 4.90 Å². The van der Waals surface area contributed by atoms with Gasteiger partial charge in [-0.25, -0.2) is 0 Å². The highest BCUT2D eigenvalue weighted by atomic mass is 19.4. The lowest BCUT2D eigenvalue weighted by atomic mass is 9.86. The first-order chi connectivity index (χ1) is 7.70. The molecule has 0 bridgehead atoms. The number of hydrogen-bond donors (Lipinski definition) is 1. The van der Waals surface area contributed by atoms with Gasteiger partial charge in [0.1, 0.15) is 0 Å². The predicted molar refractivity (Wildman–Crippen MR) is 57.3 cm³/mol. The Labute approximate surface area is 97.7 Å². The summed E-state index contributed by atoms with van der Waals surface area (Å²) >= 11 is 0. The normalized spacial score (nSPS) is 25.8. The molecule has 1 aromatic rings. The highest BCUT2D eigenvalue weighted by molar-refractivity contribution is 5.38. The van der Waals surface area contributed by atoms with Crippen molar-refractivity contribution in [3.05, 3.63) is 34.9 Å². The highest BCUT2D eigenvalue weighted by Crippen LogP contribution is 2.36. The maximum Gasteiger partial charge on any atom is 0.416 e. The van der Waals surface area contributed by atoms with Crippen LogP contribution in [0.25, 0.3) is 0 Å². The molecule has 17 heavy (non-hydrogen) atoms. The first-order valence-corrected chi connectivity index (χ1v) is 5.32. The van der Waals surface area contributed by atoms with Gasteiger partial charge in [-0.05, 0) is 37.2 Å². The van der Waals surface area contributed by atoms with Crippen LogP contribution in [-0.2, 0) is 18.3 Å². The maximum atomic E-state index is 12.6. The summed E-state index contributed by atoms with van der Waals surface area (Å²) in [4.78, 5) is 1.81. The number of likely N-dealkylation sites (N-methyl/N-ethyl adjacent to an activating group) is 1. The van der Waals surface area contributed by atoms with E-state index in [1.807, 2.05) is 4.90 Å². The quantitative estimate of drug-likeness (QED) is 0.758. The van der Waals surface area contributed by atoms with Crippen molar-refractivity contribution in [2.75, 3.05) is 13.6 Å². The Morgan fingerprint density at radius 1 is 1.35 bits per heavy atom. The zero-order valence-corrected chi connectivity index (χ0v) is 9.67. The van der Waals surface area contributed by atoms with Crippen LogP contribution in [0.5, 0.6) is 0 Å². The number of alkyl halides is 3. The second kappa shape index (κ2) is 3.71. The molecule has 94 valence electrons. The van der Waals surface area contributed by atoms with Gasteiger partial charge >= 0.3 is 6.18 Å². The molecule has 0 radical (unpaired) electrons. The fraction of sp³-hybridized carbons (Fsp3) is 0.500. The standard InChI is InChI=1S/C12H14F3NO/c1-11(17)7-16(2)6-8-5-9(12(13,14)15)3-4-10(8)11/h3-5,17H,6-7H2,1-2H3/t11-/m0/s1. The minimum atomic E-state index is -4.34. The van der Waals surface area contributed by atoms with E-state index in [-0.39, 0.29) is 0 Å². The molecule has 0 amide bonds. The van der Waals surface area contributed by atoms with E-state index in [1.54, 1.807) is 14.0 Å². The Balaban J connectivity index is 2.49. The second-order valence-electron chi connectivity index (χ2n) is 4.82. The van der Waals surface area contributed by atoms with Crippen molar-refractivity contribution in [3.8, 4) is 0 Å². The van der Waals surface area contributed by atoms with Crippen LogP contribution in [0.2, 0.25) is 0 Å². The first kappa shape index (κ1) is 12.4. The molecule has 1 aliphatic rings. The van der Waals surface area contributed by atoms with E-state index in [0.717, 1.165) is 12.1 Å². The van der Waals surface area contributed by atoms with Gasteiger partial charge in [-0.1, -0.05) is 6.07 Å². The van der Waals surface area contributed by atoms with Gasteiger partial charge in [0.2, 0.25) is 0 Å². The summed E-state index contributed by atoms with van der Waals surface area (Å²) in [5.74, 6) is 0. The maximum absolute atomic E-state index is 12.6. The minimum absolute atomic E-state index is 0.422. The van der Waals surface area contributed by atoms with Gasteiger partial charge in [-0.2, -0.15) is 13.2 Å². The van der Waals surface area contributed by atoms with E-state index in [2.05, 4.69) is 0 Å². The van der Waals surface area contributed by atoms with Crippen LogP contribution in [0.3, 0.4) is 0 Å². The first-order valence-electron chi connectivity index (χ1n) is 5.32. The molecular formula is C12H14F3NO. The van der Waals surface area contributed by atoms with E-state index in [9.17, 15) is 18.3 Å². The summed E-state index contributed by atoms with van der Waals surface area (Å²) in [6.07, 6.45) is -4.34. The summed E-state index contributed by atoms with van der Waals surface area (Å²) in [5, 5.41) is 10.2. The van der Waals surface area contributed by atoms with Crippen molar-refractivity contribution in [3.63, 3.8) is 0 Å². The van der Waals surface area contributed by atoms with Crippen LogP contribution in [0.4, 0.5) is 13.2 Å². The number of nitrogens with zero attached hydrogens (tertiary/aromatic N) is 1. The molecule has 2 rings (SSSR count). The number of fused-ring (bicyclic) bond motifs is 1. The Bertz CT molecular complexity index is 440. The Morgan fingerprint density at radius 3 is 2.59 bits per heavy atom. The molecule has 0 saturated carbocycles. The largest absolute Gasteiger partial charge is 0.416 e. The topological polar surface area (TPSA) is 23.5 Å². The van der Waals surface area contributed by atoms with Crippen LogP contribution in [-0.4, -0.2) is 23.6 Å². The lowest BCUT2D eigenvalue weighted by Gasteiger charge is -2.37. The van der Waals surface area contributed by atoms with Crippen molar-refractivity contribution >= 4 is 0 Å². The lowest BCUT2D eigenvalue weighted by molar-refractivity contribution is -0.137. The number of halogens is 3. The molecule has 5 heteroatoms. The predicted octanol–water partition coefficient (Wildman–Crippen LogP) is 2.36. The summed E-state index contributed by atoms with van der Waals surface area (Å²) < 4.78 is 37.7. The van der Waals surface area contributed by atoms with Crippen LogP contribution in [0, 0.1) is 0 Å². The summed E-state index contributed by atoms with van der Waals surface area (Å²) in [6.45, 7) is 2.47. The average molecular weight is 245 g/mol. The molecule has 0 saturated heterocycles. The molecule has 0 spiro atoms. The van der Waals surface area contributed by atoms with Crippen molar-refractivity contribution in [2.45, 2.75) is 25.2 Å². The Hall–Kier alpha value is -1.07. The fourth-order valence-corrected chi connectivity index (χ4v) is 2.38. The van der Waals surface area contributed by atoms with Crippen molar-refractivity contribution in [1.82, 2.24) is 4.90 Å². The summed E-state index contributed by atoms with van der Waals surface area (Å²) in [7, 11) is 1.78. The molecule has 2 nitrogen and oxygen atoms in total. The SMILES string of the molecule is CN1Cc2cc(C(F)(F)F)ccc2[C@@](C)(O)C1. The van der Waals surface area contributed by atoms with Crippen LogP contribution < -0.4 is 0 Å². The summed E-state index contributed by atoms with van der Waals surface area (Å²) in [6, 6.07) is 3.53. The Morgan fingerprint density at radius 2 is 2.00 bits per heavy atom. The van der Waals surface area contributed by atoms with Gasteiger partial charge in [-0.15, -0.1) is 0 Å². The minimum Gasteiger partial charge on any atom is -0.384 e. The summed E-state index contributed by atoms with van der Waals surface area (Å²) in [5.41, 5.74) is -0.628. The molecule has 0 aromatic heterocycles. The fourth-order valence-electron chi connectivity index (χ4n) is 2.38. The van der Waals surface area contributed by atoms with Crippen LogP contribution in [0.1, 0.15) is 23.6 Å². The molecule has 1 atom stereocenters. The van der Waals surface area contributed by atoms with E-state index in [4.69, 9.17) is 0 Å². The highest BCUT2D eigenvalue weighted by Gasteiger charge is 2.36. The van der Waals surface area contributed by atoms with E-state index >= 15 is 0 Å². The third-order valence-corrected chi connectivity index (χ3v) is 3.03. The molecule has 1 aromatic carbocycles. The number of hydrogen-bond acceptors (Lipinski definition) is 2. The molecule has 1 N–H and O–H groups in total. The molecule has 1 aliphatic heterocycles. The van der Waals surface area contributed by atoms with Crippen LogP contribution >= 0.6 is 0 Å². The number of rotatable bonds is 0. The van der Waals surface area contributed by atoms with Gasteiger partial charge < -0.3 is 5.11 Å². The van der Waals surface area contributed by atoms with Gasteiger partial charge in [0.05, 0.1) is 11.2 Å². The Kier molecular flexibility index (Phi) is 2.71. The second-order valence-corrected chi connectivity index (χ2v) is 4.82. The smallest absolute Gasteiger partial charge is 0.384 e. The van der Waals surface area contributed by atoms with Crippen molar-refractivity contribution in [2.24, 2.45) is 0 Å². The third kappa shape index (κ3) is 2.30. The van der Waals surface area contributed by atoms with E-state index < -0.39 is 17.3 Å². The monoisotopic (exact) mass is 245 g/mol. The lowest BCUT2D eigenvalue weighted by Crippen LogP contribution is -2.42. The molecule has 1 heterocycles. The van der Waals surface area contributed by atoms with E-state index in [1.165, 1.54) is 6.07 Å². The molecule has 0 fully saturated rings. The number of β-amino-alcohol motifs (C(OH)–C–C–N with tert-alkyl or cyclic N) is 1. The number of aliphatic hydroxyl groups is 1. The van der Waals surface area contributed by atoms with Crippen LogP contribution in [0.15, 0.2) is 18.2 Å². The zero-order chi connectivity index (χ0) is 12.8.